The van der Waals surface area contributed by atoms with E-state index in [9.17, 15) is 0 Å². The Morgan fingerprint density at radius 2 is 1.09 bits per heavy atom. The largest absolute Gasteiger partial charge is 0.214 e. The average molecular weight is 495 g/mol. The van der Waals surface area contributed by atoms with Crippen molar-refractivity contribution in [1.29, 1.82) is 0 Å². The van der Waals surface area contributed by atoms with Crippen molar-refractivity contribution in [2.75, 3.05) is 0 Å². The number of para-hydroxylation sites is 2. The van der Waals surface area contributed by atoms with Crippen LogP contribution in [0, 0.1) is 0 Å². The Bertz CT molecular complexity index is 1100. The van der Waals surface area contributed by atoms with Crippen molar-refractivity contribution in [3.8, 4) is 11.4 Å². The van der Waals surface area contributed by atoms with Crippen LogP contribution in [0.25, 0.3) is 11.4 Å². The highest BCUT2D eigenvalue weighted by Gasteiger charge is 2.41. The van der Waals surface area contributed by atoms with Crippen molar-refractivity contribution in [1.82, 2.24) is 40.4 Å². The third kappa shape index (κ3) is 4.41. The van der Waals surface area contributed by atoms with Gasteiger partial charge in [-0.15, -0.1) is 10.2 Å². The van der Waals surface area contributed by atoms with Gasteiger partial charge in [-0.2, -0.15) is 21.1 Å². The number of aromatic nitrogens is 8. The van der Waals surface area contributed by atoms with Gasteiger partial charge in [0, 0.05) is 21.0 Å². The van der Waals surface area contributed by atoms with Crippen molar-refractivity contribution < 1.29 is 0 Å². The summed E-state index contributed by atoms with van der Waals surface area (Å²) in [6, 6.07) is 20.2. The van der Waals surface area contributed by atoms with Crippen molar-refractivity contribution in [2.45, 2.75) is 57.0 Å². The minimum atomic E-state index is 0.528. The van der Waals surface area contributed by atoms with Crippen molar-refractivity contribution in [3.63, 3.8) is 0 Å². The maximum absolute atomic E-state index is 4.32. The fourth-order valence-electron chi connectivity index (χ4n) is 4.44. The molecule has 2 bridgehead atoms. The fourth-order valence-corrected chi connectivity index (χ4v) is 9.05. The lowest BCUT2D eigenvalue weighted by atomic mass is 9.98. The first-order chi connectivity index (χ1) is 16.3. The molecule has 2 saturated heterocycles. The molecule has 0 spiro atoms. The van der Waals surface area contributed by atoms with Gasteiger partial charge in [-0.05, 0) is 70.8 Å². The molecule has 0 N–H and O–H groups in total. The number of hydrogen-bond acceptors (Lipinski definition) is 9. The normalized spacial score (nSPS) is 24.6. The van der Waals surface area contributed by atoms with Crippen LogP contribution in [0.15, 0.2) is 71.0 Å². The Morgan fingerprint density at radius 3 is 1.55 bits per heavy atom. The zero-order valence-electron chi connectivity index (χ0n) is 17.7. The topological polar surface area (TPSA) is 87.2 Å². The monoisotopic (exact) mass is 494 g/mol. The molecule has 4 heterocycles. The minimum Gasteiger partial charge on any atom is -0.188 e. The molecule has 6 rings (SSSR count). The lowest BCUT2D eigenvalue weighted by Gasteiger charge is -2.43. The average Bonchev–Trinajstić information content (AvgIpc) is 3.53. The summed E-state index contributed by atoms with van der Waals surface area (Å²) >= 11 is 5.80. The maximum atomic E-state index is 4.32. The van der Waals surface area contributed by atoms with E-state index in [1.165, 1.54) is 25.7 Å². The molecule has 2 aromatic carbocycles. The lowest BCUT2D eigenvalue weighted by Crippen LogP contribution is -2.39. The molecule has 8 nitrogen and oxygen atoms in total. The first-order valence-corrected chi connectivity index (χ1v) is 13.7. The molecule has 0 saturated carbocycles. The quantitative estimate of drug-likeness (QED) is 0.389. The number of nitrogens with zero attached hydrogens (tertiary/aromatic N) is 8. The summed E-state index contributed by atoms with van der Waals surface area (Å²) in [5.74, 6) is 0. The Balaban J connectivity index is 1.12. The standard InChI is InChI=1S/C22H22N8S3/c1-3-7-15(8-4-1)29-21(23-25-27-29)32-19-13-11-18-20(14-12-17(19)31-18)33-22-24-26-28-30(22)16-9-5-2-6-10-16/h1-10,17-20H,11-14H2/t17-,18-,19+,20+/m1/s1. The number of fused-ring (bicyclic) bond motifs is 2. The van der Waals surface area contributed by atoms with Gasteiger partial charge in [-0.1, -0.05) is 59.9 Å². The van der Waals surface area contributed by atoms with Gasteiger partial charge in [-0.25, -0.2) is 0 Å². The van der Waals surface area contributed by atoms with Gasteiger partial charge in [0.25, 0.3) is 0 Å². The Hall–Kier alpha value is -2.37. The molecular weight excluding hydrogens is 472 g/mol. The van der Waals surface area contributed by atoms with E-state index in [1.807, 2.05) is 93.6 Å². The van der Waals surface area contributed by atoms with Gasteiger partial charge in [0.15, 0.2) is 0 Å². The van der Waals surface area contributed by atoms with E-state index in [-0.39, 0.29) is 0 Å². The molecule has 2 aromatic heterocycles. The van der Waals surface area contributed by atoms with Crippen LogP contribution in [0.2, 0.25) is 0 Å². The second-order valence-corrected chi connectivity index (χ2v) is 12.0. The van der Waals surface area contributed by atoms with E-state index in [0.29, 0.717) is 21.0 Å². The van der Waals surface area contributed by atoms with Crippen LogP contribution >= 0.6 is 35.3 Å². The summed E-state index contributed by atoms with van der Waals surface area (Å²) in [4.78, 5) is 0. The third-order valence-electron chi connectivity index (χ3n) is 6.05. The molecule has 2 fully saturated rings. The Kier molecular flexibility index (Phi) is 6.08. The number of rotatable bonds is 6. The molecule has 11 heteroatoms. The summed E-state index contributed by atoms with van der Waals surface area (Å²) in [6.45, 7) is 0. The number of thioether (sulfide) groups is 3. The van der Waals surface area contributed by atoms with Crippen LogP contribution in [-0.4, -0.2) is 61.4 Å². The van der Waals surface area contributed by atoms with Gasteiger partial charge in [0.1, 0.15) is 0 Å². The molecule has 2 aliphatic heterocycles. The first kappa shape index (κ1) is 21.2. The van der Waals surface area contributed by atoms with Crippen molar-refractivity contribution in [3.05, 3.63) is 60.7 Å². The third-order valence-corrected chi connectivity index (χ3v) is 10.9. The van der Waals surface area contributed by atoms with Gasteiger partial charge in [0.05, 0.1) is 11.4 Å². The molecule has 0 aliphatic carbocycles. The number of tetrazole rings is 2. The highest BCUT2D eigenvalue weighted by molar-refractivity contribution is 8.06. The molecule has 0 amide bonds. The van der Waals surface area contributed by atoms with E-state index in [1.54, 1.807) is 0 Å². The van der Waals surface area contributed by atoms with Crippen LogP contribution in [-0.2, 0) is 0 Å². The van der Waals surface area contributed by atoms with Crippen molar-refractivity contribution >= 4 is 35.3 Å². The molecule has 0 radical (unpaired) electrons. The van der Waals surface area contributed by atoms with E-state index in [2.05, 4.69) is 42.8 Å². The smallest absolute Gasteiger partial charge is 0.188 e. The predicted molar refractivity (Wildman–Crippen MR) is 131 cm³/mol. The highest BCUT2D eigenvalue weighted by atomic mass is 32.2. The molecule has 4 aromatic rings. The lowest BCUT2D eigenvalue weighted by molar-refractivity contribution is 0.506. The van der Waals surface area contributed by atoms with E-state index >= 15 is 0 Å². The van der Waals surface area contributed by atoms with Crippen molar-refractivity contribution in [2.24, 2.45) is 0 Å². The van der Waals surface area contributed by atoms with Gasteiger partial charge in [0.2, 0.25) is 10.3 Å². The number of hydrogen-bond donors (Lipinski definition) is 0. The first-order valence-electron chi connectivity index (χ1n) is 11.0. The minimum absolute atomic E-state index is 0.528. The summed E-state index contributed by atoms with van der Waals surface area (Å²) in [5, 5.41) is 29.0. The summed E-state index contributed by atoms with van der Waals surface area (Å²) < 4.78 is 3.71. The SMILES string of the molecule is c1ccc(-n2nnnc2S[C@H]2CC[C@H]3S[C@@H]2CC[C@@H]3Sc2nnnn2-c2ccccc2)cc1. The number of benzene rings is 2. The van der Waals surface area contributed by atoms with E-state index in [4.69, 9.17) is 0 Å². The Labute approximate surface area is 204 Å². The second kappa shape index (κ2) is 9.47. The summed E-state index contributed by atoms with van der Waals surface area (Å²) in [5.41, 5.74) is 2.00. The van der Waals surface area contributed by atoms with Gasteiger partial charge >= 0.3 is 0 Å². The van der Waals surface area contributed by atoms with Crippen LogP contribution < -0.4 is 0 Å². The molecule has 168 valence electrons. The van der Waals surface area contributed by atoms with Crippen LogP contribution in [0.3, 0.4) is 0 Å². The molecular formula is C22H22N8S3. The zero-order valence-corrected chi connectivity index (χ0v) is 20.2. The fraction of sp³-hybridized carbons (Fsp3) is 0.364. The van der Waals surface area contributed by atoms with Crippen LogP contribution in [0.5, 0.6) is 0 Å². The molecule has 4 atom stereocenters. The highest BCUT2D eigenvalue weighted by Crippen LogP contribution is 2.50. The predicted octanol–water partition coefficient (Wildman–Crippen LogP) is 4.32. The molecule has 33 heavy (non-hydrogen) atoms. The van der Waals surface area contributed by atoms with Crippen LogP contribution in [0.1, 0.15) is 25.7 Å². The maximum Gasteiger partial charge on any atom is 0.214 e. The van der Waals surface area contributed by atoms with E-state index in [0.717, 1.165) is 21.7 Å². The molecule has 2 aliphatic rings. The van der Waals surface area contributed by atoms with E-state index < -0.39 is 0 Å². The second-order valence-electron chi connectivity index (χ2n) is 8.10. The van der Waals surface area contributed by atoms with Gasteiger partial charge < -0.3 is 0 Å². The molecule has 0 unspecified atom stereocenters. The summed E-state index contributed by atoms with van der Waals surface area (Å²) in [6.07, 6.45) is 4.73. The van der Waals surface area contributed by atoms with Gasteiger partial charge in [-0.3, -0.25) is 0 Å². The summed E-state index contributed by atoms with van der Waals surface area (Å²) in [7, 11) is 0. The Morgan fingerprint density at radius 1 is 0.636 bits per heavy atom. The zero-order chi connectivity index (χ0) is 22.0. The van der Waals surface area contributed by atoms with Crippen LogP contribution in [0.4, 0.5) is 0 Å².